The molecule has 0 saturated heterocycles. The molecule has 0 aromatic carbocycles. The zero-order valence-electron chi connectivity index (χ0n) is 9.91. The summed E-state index contributed by atoms with van der Waals surface area (Å²) >= 11 is 0. The van der Waals surface area contributed by atoms with Crippen molar-refractivity contribution in [2.24, 2.45) is 0 Å². The zero-order valence-corrected chi connectivity index (χ0v) is 9.91. The molecule has 92 valence electrons. The summed E-state index contributed by atoms with van der Waals surface area (Å²) in [5.41, 5.74) is -0.607. The number of hydrogen-bond acceptors (Lipinski definition) is 4. The Morgan fingerprint density at radius 1 is 1.50 bits per heavy atom. The third-order valence-corrected chi connectivity index (χ3v) is 1.59. The molecule has 0 spiro atoms. The molecular weight excluding hydrogens is 210 g/mol. The van der Waals surface area contributed by atoms with Crippen molar-refractivity contribution in [3.05, 3.63) is 12.7 Å². The molecule has 0 aromatic rings. The van der Waals surface area contributed by atoms with E-state index in [4.69, 9.17) is 4.74 Å². The summed E-state index contributed by atoms with van der Waals surface area (Å²) < 4.78 is 5.00. The van der Waals surface area contributed by atoms with Gasteiger partial charge in [-0.15, -0.1) is 6.58 Å². The van der Waals surface area contributed by atoms with Gasteiger partial charge >= 0.3 is 6.09 Å². The predicted molar refractivity (Wildman–Crippen MR) is 57.6 cm³/mol. The van der Waals surface area contributed by atoms with Crippen molar-refractivity contribution in [3.63, 3.8) is 0 Å². The molecule has 5 heteroatoms. The molecule has 1 amide bonds. The Kier molecular flexibility index (Phi) is 5.56. The molecule has 0 rings (SSSR count). The van der Waals surface area contributed by atoms with E-state index in [-0.39, 0.29) is 6.42 Å². The van der Waals surface area contributed by atoms with Crippen LogP contribution in [0.4, 0.5) is 4.79 Å². The molecule has 5 nitrogen and oxygen atoms in total. The van der Waals surface area contributed by atoms with Crippen LogP contribution in [0.2, 0.25) is 0 Å². The number of aliphatic carboxylic acids is 1. The Balaban J connectivity index is 4.22. The topological polar surface area (TPSA) is 78.5 Å². The molecule has 0 fully saturated rings. The van der Waals surface area contributed by atoms with E-state index in [2.05, 4.69) is 11.9 Å². The lowest BCUT2D eigenvalue weighted by Gasteiger charge is -2.23. The normalized spacial score (nSPS) is 12.7. The van der Waals surface area contributed by atoms with Gasteiger partial charge in [0, 0.05) is 18.4 Å². The van der Waals surface area contributed by atoms with Crippen LogP contribution in [0.1, 0.15) is 33.6 Å². The van der Waals surface area contributed by atoms with Crippen molar-refractivity contribution in [2.75, 3.05) is 0 Å². The van der Waals surface area contributed by atoms with E-state index in [1.165, 1.54) is 6.08 Å². The molecule has 1 atom stereocenters. The summed E-state index contributed by atoms with van der Waals surface area (Å²) in [4.78, 5) is 21.8. The molecule has 0 aliphatic rings. The van der Waals surface area contributed by atoms with Crippen LogP contribution in [0.25, 0.3) is 0 Å². The van der Waals surface area contributed by atoms with Crippen LogP contribution in [-0.2, 0) is 9.53 Å². The largest absolute Gasteiger partial charge is 0.550 e. The number of carbonyl (C=O) groups is 2. The third kappa shape index (κ3) is 7.84. The van der Waals surface area contributed by atoms with Gasteiger partial charge < -0.3 is 20.0 Å². The van der Waals surface area contributed by atoms with Crippen molar-refractivity contribution >= 4 is 12.1 Å². The van der Waals surface area contributed by atoms with E-state index in [1.54, 1.807) is 20.8 Å². The number of carbonyl (C=O) groups excluding carboxylic acids is 2. The monoisotopic (exact) mass is 228 g/mol. The zero-order chi connectivity index (χ0) is 12.8. The van der Waals surface area contributed by atoms with Crippen LogP contribution < -0.4 is 10.4 Å². The standard InChI is InChI=1S/C11H19NO4/c1-5-6-8(7-9(13)14)12-10(15)16-11(2,3)4/h5,8H,1,6-7H2,2-4H3,(H,12,15)(H,13,14)/p-1/t8-/m0/s1. The van der Waals surface area contributed by atoms with Crippen molar-refractivity contribution in [2.45, 2.75) is 45.3 Å². The van der Waals surface area contributed by atoms with E-state index in [0.29, 0.717) is 6.42 Å². The van der Waals surface area contributed by atoms with E-state index >= 15 is 0 Å². The number of nitrogens with one attached hydrogen (secondary N) is 1. The maximum Gasteiger partial charge on any atom is 0.407 e. The number of carboxylic acid groups (broad SMARTS) is 1. The predicted octanol–water partition coefficient (Wildman–Crippen LogP) is 0.596. The quantitative estimate of drug-likeness (QED) is 0.699. The summed E-state index contributed by atoms with van der Waals surface area (Å²) in [7, 11) is 0. The van der Waals surface area contributed by atoms with Crippen molar-refractivity contribution in [1.29, 1.82) is 0 Å². The van der Waals surface area contributed by atoms with Gasteiger partial charge in [0.15, 0.2) is 0 Å². The molecule has 1 N–H and O–H groups in total. The van der Waals surface area contributed by atoms with Gasteiger partial charge in [0.25, 0.3) is 0 Å². The average Bonchev–Trinajstić information content (AvgIpc) is 1.98. The van der Waals surface area contributed by atoms with Gasteiger partial charge in [-0.3, -0.25) is 0 Å². The Morgan fingerprint density at radius 2 is 2.06 bits per heavy atom. The highest BCUT2D eigenvalue weighted by atomic mass is 16.6. The summed E-state index contributed by atoms with van der Waals surface area (Å²) in [5.74, 6) is -1.22. The first-order chi connectivity index (χ1) is 7.24. The van der Waals surface area contributed by atoms with Crippen LogP contribution in [0.5, 0.6) is 0 Å². The molecule has 0 radical (unpaired) electrons. The summed E-state index contributed by atoms with van der Waals surface area (Å²) in [6.45, 7) is 8.67. The van der Waals surface area contributed by atoms with Gasteiger partial charge in [0.1, 0.15) is 5.60 Å². The van der Waals surface area contributed by atoms with E-state index in [0.717, 1.165) is 0 Å². The number of hydrogen-bond donors (Lipinski definition) is 1. The van der Waals surface area contributed by atoms with Gasteiger partial charge in [-0.1, -0.05) is 6.08 Å². The molecule has 0 saturated carbocycles. The smallest absolute Gasteiger partial charge is 0.407 e. The molecule has 0 aliphatic heterocycles. The van der Waals surface area contributed by atoms with Crippen LogP contribution in [-0.4, -0.2) is 23.7 Å². The van der Waals surface area contributed by atoms with Crippen LogP contribution >= 0.6 is 0 Å². The lowest BCUT2D eigenvalue weighted by Crippen LogP contribution is -2.42. The minimum Gasteiger partial charge on any atom is -0.550 e. The molecule has 0 bridgehead atoms. The van der Waals surface area contributed by atoms with Gasteiger partial charge in [-0.25, -0.2) is 4.79 Å². The maximum atomic E-state index is 11.3. The highest BCUT2D eigenvalue weighted by Gasteiger charge is 2.18. The summed E-state index contributed by atoms with van der Waals surface area (Å²) in [5, 5.41) is 12.9. The van der Waals surface area contributed by atoms with Crippen molar-refractivity contribution < 1.29 is 19.4 Å². The SMILES string of the molecule is C=CC[C@@H](CC(=O)[O-])NC(=O)OC(C)(C)C. The Hall–Kier alpha value is -1.52. The van der Waals surface area contributed by atoms with Gasteiger partial charge in [-0.05, 0) is 27.2 Å². The van der Waals surface area contributed by atoms with Crippen molar-refractivity contribution in [3.8, 4) is 0 Å². The van der Waals surface area contributed by atoms with E-state index in [1.807, 2.05) is 0 Å². The molecule has 0 heterocycles. The van der Waals surface area contributed by atoms with Crippen LogP contribution in [0, 0.1) is 0 Å². The second-order valence-corrected chi connectivity index (χ2v) is 4.44. The highest BCUT2D eigenvalue weighted by molar-refractivity contribution is 5.70. The number of alkyl carbamates (subject to hydrolysis) is 1. The maximum absolute atomic E-state index is 11.3. The molecule has 0 unspecified atom stereocenters. The van der Waals surface area contributed by atoms with Gasteiger partial charge in [0.05, 0.1) is 0 Å². The molecular formula is C11H18NO4-. The number of ether oxygens (including phenoxy) is 1. The minimum absolute atomic E-state index is 0.259. The number of amides is 1. The van der Waals surface area contributed by atoms with Gasteiger partial charge in [0.2, 0.25) is 0 Å². The second-order valence-electron chi connectivity index (χ2n) is 4.44. The fraction of sp³-hybridized carbons (Fsp3) is 0.636. The average molecular weight is 228 g/mol. The van der Waals surface area contributed by atoms with Crippen molar-refractivity contribution in [1.82, 2.24) is 5.32 Å². The number of rotatable bonds is 5. The molecule has 0 aromatic heterocycles. The third-order valence-electron chi connectivity index (χ3n) is 1.59. The van der Waals surface area contributed by atoms with Crippen LogP contribution in [0.3, 0.4) is 0 Å². The Labute approximate surface area is 95.5 Å². The number of carboxylic acids is 1. The summed E-state index contributed by atoms with van der Waals surface area (Å²) in [6, 6.07) is -0.544. The molecule has 16 heavy (non-hydrogen) atoms. The first-order valence-corrected chi connectivity index (χ1v) is 5.05. The van der Waals surface area contributed by atoms with E-state index < -0.39 is 23.7 Å². The highest BCUT2D eigenvalue weighted by Crippen LogP contribution is 2.08. The first-order valence-electron chi connectivity index (χ1n) is 5.05. The fourth-order valence-corrected chi connectivity index (χ4v) is 1.07. The second kappa shape index (κ2) is 6.15. The summed E-state index contributed by atoms with van der Waals surface area (Å²) in [6.07, 6.45) is 0.990. The first kappa shape index (κ1) is 14.5. The lowest BCUT2D eigenvalue weighted by molar-refractivity contribution is -0.306. The van der Waals surface area contributed by atoms with Crippen LogP contribution in [0.15, 0.2) is 12.7 Å². The fourth-order valence-electron chi connectivity index (χ4n) is 1.07. The Morgan fingerprint density at radius 3 is 2.44 bits per heavy atom. The molecule has 0 aliphatic carbocycles. The lowest BCUT2D eigenvalue weighted by atomic mass is 10.1. The van der Waals surface area contributed by atoms with Gasteiger partial charge in [-0.2, -0.15) is 0 Å². The van der Waals surface area contributed by atoms with E-state index in [9.17, 15) is 14.7 Å². The minimum atomic E-state index is -1.22. The Bertz CT molecular complexity index is 268.